The van der Waals surface area contributed by atoms with Gasteiger partial charge in [0.2, 0.25) is 0 Å². The molecule has 5 heteroatoms. The zero-order valence-corrected chi connectivity index (χ0v) is 17.3. The summed E-state index contributed by atoms with van der Waals surface area (Å²) in [7, 11) is 0. The van der Waals surface area contributed by atoms with Gasteiger partial charge in [-0.3, -0.25) is 9.78 Å². The van der Waals surface area contributed by atoms with Crippen LogP contribution >= 0.6 is 11.6 Å². The number of nitrogens with zero attached hydrogens (tertiary/aromatic N) is 1. The molecule has 2 aliphatic carbocycles. The first kappa shape index (κ1) is 19.6. The van der Waals surface area contributed by atoms with Crippen LogP contribution in [-0.2, 0) is 11.2 Å². The van der Waals surface area contributed by atoms with E-state index in [-0.39, 0.29) is 34.4 Å². The van der Waals surface area contributed by atoms with E-state index in [1.54, 1.807) is 24.4 Å². The summed E-state index contributed by atoms with van der Waals surface area (Å²) in [6.45, 7) is 0. The van der Waals surface area contributed by atoms with Gasteiger partial charge in [-0.25, -0.2) is 8.78 Å². The number of carbonyl (C=O) groups is 1. The molecule has 3 aromatic rings. The van der Waals surface area contributed by atoms with Gasteiger partial charge >= 0.3 is 0 Å². The maximum absolute atomic E-state index is 13.8. The van der Waals surface area contributed by atoms with Crippen LogP contribution in [0.4, 0.5) is 8.78 Å². The van der Waals surface area contributed by atoms with Crippen LogP contribution in [0.3, 0.4) is 0 Å². The maximum Gasteiger partial charge on any atom is 0.142 e. The summed E-state index contributed by atoms with van der Waals surface area (Å²) in [5, 5.41) is 0.975. The van der Waals surface area contributed by atoms with Crippen LogP contribution in [0.1, 0.15) is 49.1 Å². The smallest absolute Gasteiger partial charge is 0.142 e. The van der Waals surface area contributed by atoms with Crippen molar-refractivity contribution in [2.75, 3.05) is 0 Å². The molecular formula is C25H22ClF2NO. The molecule has 2 aliphatic rings. The molecule has 1 aromatic heterocycles. The molecule has 0 amide bonds. The molecule has 0 radical (unpaired) electrons. The van der Waals surface area contributed by atoms with E-state index in [1.807, 2.05) is 6.07 Å². The number of aromatic nitrogens is 1. The molecule has 154 valence electrons. The fourth-order valence-corrected chi connectivity index (χ4v) is 5.45. The largest absolute Gasteiger partial charge is 0.299 e. The van der Waals surface area contributed by atoms with Crippen molar-refractivity contribution in [3.63, 3.8) is 0 Å². The zero-order valence-electron chi connectivity index (χ0n) is 16.5. The Balaban J connectivity index is 1.26. The predicted molar refractivity (Wildman–Crippen MR) is 114 cm³/mol. The Morgan fingerprint density at radius 3 is 2.67 bits per heavy atom. The highest BCUT2D eigenvalue weighted by atomic mass is 35.5. The lowest BCUT2D eigenvalue weighted by molar-refractivity contribution is -0.120. The quantitative estimate of drug-likeness (QED) is 0.468. The standard InChI is InChI=1S/C25H22ClF2NO/c26-21-3-1-15(11-22(21)28)12-24(30)20-14-25(20)8-5-16(6-9-25)18-7-10-29-23-4-2-17(27)13-19(18)23/h1-4,7,10-11,13,16,20H,5-6,8-9,12,14H2. The van der Waals surface area contributed by atoms with Crippen LogP contribution in [0.25, 0.3) is 10.9 Å². The minimum absolute atomic E-state index is 0.0730. The highest BCUT2D eigenvalue weighted by Gasteiger charge is 2.57. The molecule has 1 heterocycles. The van der Waals surface area contributed by atoms with Gasteiger partial charge in [0, 0.05) is 23.9 Å². The van der Waals surface area contributed by atoms with E-state index < -0.39 is 5.82 Å². The third-order valence-electron chi connectivity index (χ3n) is 7.10. The molecule has 2 nitrogen and oxygen atoms in total. The van der Waals surface area contributed by atoms with Crippen molar-refractivity contribution in [3.8, 4) is 0 Å². The van der Waals surface area contributed by atoms with Crippen molar-refractivity contribution in [2.24, 2.45) is 11.3 Å². The van der Waals surface area contributed by atoms with Gasteiger partial charge in [0.25, 0.3) is 0 Å². The number of hydrogen-bond acceptors (Lipinski definition) is 2. The third-order valence-corrected chi connectivity index (χ3v) is 7.41. The van der Waals surface area contributed by atoms with Crippen LogP contribution in [0.15, 0.2) is 48.7 Å². The molecular weight excluding hydrogens is 404 g/mol. The van der Waals surface area contributed by atoms with Crippen LogP contribution in [0.5, 0.6) is 0 Å². The molecule has 30 heavy (non-hydrogen) atoms. The van der Waals surface area contributed by atoms with Crippen molar-refractivity contribution in [2.45, 2.75) is 44.4 Å². The van der Waals surface area contributed by atoms with E-state index in [4.69, 9.17) is 11.6 Å². The number of ketones is 1. The van der Waals surface area contributed by atoms with Crippen LogP contribution < -0.4 is 0 Å². The molecule has 0 N–H and O–H groups in total. The molecule has 0 saturated heterocycles. The molecule has 2 saturated carbocycles. The number of rotatable bonds is 4. The first-order chi connectivity index (χ1) is 14.4. The number of halogens is 3. The number of pyridine rings is 1. The van der Waals surface area contributed by atoms with Crippen molar-refractivity contribution in [3.05, 3.63) is 76.4 Å². The minimum atomic E-state index is -0.478. The lowest BCUT2D eigenvalue weighted by Crippen LogP contribution is -2.20. The van der Waals surface area contributed by atoms with Gasteiger partial charge in [-0.1, -0.05) is 17.7 Å². The van der Waals surface area contributed by atoms with E-state index in [1.165, 1.54) is 18.2 Å². The molecule has 1 atom stereocenters. The average molecular weight is 426 g/mol. The van der Waals surface area contributed by atoms with Crippen molar-refractivity contribution in [1.82, 2.24) is 4.98 Å². The van der Waals surface area contributed by atoms with Crippen LogP contribution in [0.2, 0.25) is 5.02 Å². The number of carbonyl (C=O) groups excluding carboxylic acids is 1. The zero-order chi connectivity index (χ0) is 20.9. The molecule has 1 spiro atoms. The second kappa shape index (κ2) is 7.42. The van der Waals surface area contributed by atoms with E-state index in [9.17, 15) is 13.6 Å². The average Bonchev–Trinajstić information content (AvgIpc) is 3.44. The van der Waals surface area contributed by atoms with Gasteiger partial charge in [0.05, 0.1) is 10.5 Å². The monoisotopic (exact) mass is 425 g/mol. The number of hydrogen-bond donors (Lipinski definition) is 0. The lowest BCUT2D eigenvalue weighted by atomic mass is 9.74. The van der Waals surface area contributed by atoms with Gasteiger partial charge < -0.3 is 0 Å². The fourth-order valence-electron chi connectivity index (χ4n) is 5.33. The van der Waals surface area contributed by atoms with Gasteiger partial charge in [-0.05, 0) is 91.0 Å². The molecule has 0 bridgehead atoms. The highest BCUT2D eigenvalue weighted by molar-refractivity contribution is 6.30. The number of fused-ring (bicyclic) bond motifs is 1. The Bertz CT molecular complexity index is 1140. The summed E-state index contributed by atoms with van der Waals surface area (Å²) in [4.78, 5) is 17.2. The molecule has 2 fully saturated rings. The molecule has 2 aromatic carbocycles. The fraction of sp³-hybridized carbons (Fsp3) is 0.360. The van der Waals surface area contributed by atoms with Gasteiger partial charge in [-0.2, -0.15) is 0 Å². The minimum Gasteiger partial charge on any atom is -0.299 e. The molecule has 5 rings (SSSR count). The van der Waals surface area contributed by atoms with Gasteiger partial charge in [0.1, 0.15) is 17.4 Å². The first-order valence-corrected chi connectivity index (χ1v) is 10.8. The van der Waals surface area contributed by atoms with Gasteiger partial charge in [-0.15, -0.1) is 0 Å². The summed E-state index contributed by atoms with van der Waals surface area (Å²) in [5.41, 5.74) is 2.77. The van der Waals surface area contributed by atoms with Crippen LogP contribution in [0, 0.1) is 23.0 Å². The summed E-state index contributed by atoms with van der Waals surface area (Å²) >= 11 is 5.73. The lowest BCUT2D eigenvalue weighted by Gasteiger charge is -2.30. The second-order valence-electron chi connectivity index (χ2n) is 8.85. The van der Waals surface area contributed by atoms with E-state index in [0.29, 0.717) is 11.5 Å². The van der Waals surface area contributed by atoms with Crippen LogP contribution in [-0.4, -0.2) is 10.8 Å². The Morgan fingerprint density at radius 1 is 1.10 bits per heavy atom. The molecule has 1 unspecified atom stereocenters. The summed E-state index contributed by atoms with van der Waals surface area (Å²) in [6, 6.07) is 11.4. The van der Waals surface area contributed by atoms with E-state index in [0.717, 1.165) is 48.6 Å². The van der Waals surface area contributed by atoms with Crippen molar-refractivity contribution >= 4 is 28.3 Å². The summed E-state index contributed by atoms with van der Waals surface area (Å²) in [6.07, 6.45) is 6.99. The topological polar surface area (TPSA) is 30.0 Å². The Kier molecular flexibility index (Phi) is 4.85. The number of benzene rings is 2. The summed E-state index contributed by atoms with van der Waals surface area (Å²) < 4.78 is 27.5. The second-order valence-corrected chi connectivity index (χ2v) is 9.25. The Hall–Kier alpha value is -2.33. The normalized spacial score (nSPS) is 25.6. The third kappa shape index (κ3) is 3.51. The maximum atomic E-state index is 13.8. The van der Waals surface area contributed by atoms with E-state index >= 15 is 0 Å². The van der Waals surface area contributed by atoms with E-state index in [2.05, 4.69) is 4.98 Å². The highest BCUT2D eigenvalue weighted by Crippen LogP contribution is 2.63. The summed E-state index contributed by atoms with van der Waals surface area (Å²) in [5.74, 6) is -0.0791. The Labute approximate surface area is 179 Å². The first-order valence-electron chi connectivity index (χ1n) is 10.5. The Morgan fingerprint density at radius 2 is 1.90 bits per heavy atom. The van der Waals surface area contributed by atoms with Crippen molar-refractivity contribution in [1.29, 1.82) is 0 Å². The van der Waals surface area contributed by atoms with Crippen molar-refractivity contribution < 1.29 is 13.6 Å². The predicted octanol–water partition coefficient (Wildman–Crippen LogP) is 6.64. The molecule has 0 aliphatic heterocycles. The number of Topliss-reactive ketones (excluding diaryl/α,β-unsaturated/α-hetero) is 1. The van der Waals surface area contributed by atoms with Gasteiger partial charge in [0.15, 0.2) is 0 Å². The SMILES string of the molecule is O=C(Cc1ccc(Cl)c(F)c1)C1CC12CCC(c1ccnc3ccc(F)cc13)CC2.